The number of aromatic nitrogens is 3. The molecule has 2 aromatic heterocycles. The molecule has 1 aromatic carbocycles. The number of aryl methyl sites for hydroxylation is 1. The molecular weight excluding hydrogens is 346 g/mol. The van der Waals surface area contributed by atoms with Crippen LogP contribution in [0.1, 0.15) is 5.76 Å². The molecule has 0 N–H and O–H groups in total. The molecule has 0 fully saturated rings. The van der Waals surface area contributed by atoms with Crippen LogP contribution in [-0.4, -0.2) is 43.7 Å². The molecule has 0 spiro atoms. The van der Waals surface area contributed by atoms with Crippen LogP contribution in [0.15, 0.2) is 39.9 Å². The fraction of sp³-hybridized carbons (Fsp3) is 0.250. The Morgan fingerprint density at radius 2 is 1.68 bits per heavy atom. The first kappa shape index (κ1) is 17.0. The van der Waals surface area contributed by atoms with Crippen molar-refractivity contribution >= 4 is 9.84 Å². The molecule has 0 amide bonds. The molecule has 0 aliphatic carbocycles. The van der Waals surface area contributed by atoms with E-state index in [1.54, 1.807) is 37.3 Å². The Morgan fingerprint density at radius 1 is 1.04 bits per heavy atom. The first-order valence-electron chi connectivity index (χ1n) is 7.30. The number of hydrogen-bond donors (Lipinski definition) is 0. The van der Waals surface area contributed by atoms with E-state index in [9.17, 15) is 8.42 Å². The van der Waals surface area contributed by atoms with E-state index >= 15 is 0 Å². The number of hydrogen-bond acceptors (Lipinski definition) is 7. The van der Waals surface area contributed by atoms with E-state index in [0.717, 1.165) is 6.26 Å². The predicted octanol–water partition coefficient (Wildman–Crippen LogP) is 2.26. The Labute approximate surface area is 144 Å². The standard InChI is InChI=1S/C16H17N3O5S/c1-10-8-9-13(24-10)15-17-18-16(25(4,20)21)19(15)14-11(22-2)6-5-7-12(14)23-3/h5-9H,1-4H3. The van der Waals surface area contributed by atoms with Crippen LogP contribution in [0.2, 0.25) is 0 Å². The van der Waals surface area contributed by atoms with Crippen molar-refractivity contribution in [3.63, 3.8) is 0 Å². The first-order chi connectivity index (χ1) is 11.9. The summed E-state index contributed by atoms with van der Waals surface area (Å²) in [6, 6.07) is 8.59. The van der Waals surface area contributed by atoms with Crippen LogP contribution in [0.5, 0.6) is 11.5 Å². The second-order valence-corrected chi connectivity index (χ2v) is 7.24. The van der Waals surface area contributed by atoms with Crippen LogP contribution in [-0.2, 0) is 9.84 Å². The van der Waals surface area contributed by atoms with Crippen molar-refractivity contribution in [2.45, 2.75) is 12.1 Å². The molecule has 0 aliphatic heterocycles. The Kier molecular flexibility index (Phi) is 4.25. The zero-order valence-corrected chi connectivity index (χ0v) is 15.0. The molecule has 0 saturated heterocycles. The summed E-state index contributed by atoms with van der Waals surface area (Å²) in [5.41, 5.74) is 0.377. The first-order valence-corrected chi connectivity index (χ1v) is 9.19. The minimum Gasteiger partial charge on any atom is -0.494 e. The van der Waals surface area contributed by atoms with E-state index < -0.39 is 9.84 Å². The van der Waals surface area contributed by atoms with Crippen LogP contribution >= 0.6 is 0 Å². The average Bonchev–Trinajstić information content (AvgIpc) is 3.19. The van der Waals surface area contributed by atoms with E-state index in [1.165, 1.54) is 18.8 Å². The number of methoxy groups -OCH3 is 2. The Hall–Kier alpha value is -2.81. The molecule has 8 nitrogen and oxygen atoms in total. The third-order valence-electron chi connectivity index (χ3n) is 3.55. The summed E-state index contributed by atoms with van der Waals surface area (Å²) < 4.78 is 42.2. The fourth-order valence-electron chi connectivity index (χ4n) is 2.48. The predicted molar refractivity (Wildman–Crippen MR) is 90.0 cm³/mol. The van der Waals surface area contributed by atoms with Crippen molar-refractivity contribution in [3.8, 4) is 28.8 Å². The van der Waals surface area contributed by atoms with E-state index in [-0.39, 0.29) is 11.0 Å². The van der Waals surface area contributed by atoms with Gasteiger partial charge in [0.15, 0.2) is 5.76 Å². The lowest BCUT2D eigenvalue weighted by molar-refractivity contribution is 0.389. The molecular formula is C16H17N3O5S. The molecule has 0 atom stereocenters. The van der Waals surface area contributed by atoms with E-state index in [2.05, 4.69) is 10.2 Å². The Balaban J connectivity index is 2.41. The third-order valence-corrected chi connectivity index (χ3v) is 4.48. The normalized spacial score (nSPS) is 11.5. The molecule has 2 heterocycles. The van der Waals surface area contributed by atoms with Crippen molar-refractivity contribution in [2.24, 2.45) is 0 Å². The quantitative estimate of drug-likeness (QED) is 0.686. The summed E-state index contributed by atoms with van der Waals surface area (Å²) >= 11 is 0. The summed E-state index contributed by atoms with van der Waals surface area (Å²) in [6.45, 7) is 1.78. The SMILES string of the molecule is COc1cccc(OC)c1-n1c(-c2ccc(C)o2)nnc1S(C)(=O)=O. The van der Waals surface area contributed by atoms with E-state index in [0.29, 0.717) is 28.7 Å². The van der Waals surface area contributed by atoms with Gasteiger partial charge in [-0.1, -0.05) is 6.07 Å². The highest BCUT2D eigenvalue weighted by atomic mass is 32.2. The molecule has 25 heavy (non-hydrogen) atoms. The molecule has 0 saturated carbocycles. The van der Waals surface area contributed by atoms with Gasteiger partial charge in [-0.15, -0.1) is 10.2 Å². The third kappa shape index (κ3) is 2.98. The van der Waals surface area contributed by atoms with Crippen LogP contribution < -0.4 is 9.47 Å². The van der Waals surface area contributed by atoms with Gasteiger partial charge in [0.05, 0.1) is 14.2 Å². The number of furan rings is 1. The van der Waals surface area contributed by atoms with Gasteiger partial charge in [-0.05, 0) is 31.2 Å². The van der Waals surface area contributed by atoms with Gasteiger partial charge in [0.1, 0.15) is 22.9 Å². The molecule has 3 aromatic rings. The Bertz CT molecular complexity index is 998. The maximum absolute atomic E-state index is 12.2. The van der Waals surface area contributed by atoms with Gasteiger partial charge >= 0.3 is 0 Å². The summed E-state index contributed by atoms with van der Waals surface area (Å²) in [6.07, 6.45) is 1.06. The maximum atomic E-state index is 12.2. The van der Waals surface area contributed by atoms with Crippen molar-refractivity contribution < 1.29 is 22.3 Å². The number of ether oxygens (including phenoxy) is 2. The smallest absolute Gasteiger partial charge is 0.254 e. The number of sulfone groups is 1. The molecule has 0 unspecified atom stereocenters. The lowest BCUT2D eigenvalue weighted by Gasteiger charge is -2.16. The van der Waals surface area contributed by atoms with Crippen molar-refractivity contribution in [1.29, 1.82) is 0 Å². The number of nitrogens with zero attached hydrogens (tertiary/aromatic N) is 3. The van der Waals surface area contributed by atoms with Crippen molar-refractivity contribution in [2.75, 3.05) is 20.5 Å². The van der Waals surface area contributed by atoms with Crippen molar-refractivity contribution in [1.82, 2.24) is 14.8 Å². The highest BCUT2D eigenvalue weighted by Gasteiger charge is 2.28. The molecule has 132 valence electrons. The van der Waals surface area contributed by atoms with Crippen LogP contribution in [0, 0.1) is 6.92 Å². The van der Waals surface area contributed by atoms with Gasteiger partial charge in [-0.2, -0.15) is 0 Å². The average molecular weight is 363 g/mol. The maximum Gasteiger partial charge on any atom is 0.254 e. The van der Waals surface area contributed by atoms with Gasteiger partial charge in [0, 0.05) is 6.26 Å². The fourth-order valence-corrected chi connectivity index (χ4v) is 3.18. The Morgan fingerprint density at radius 3 is 2.16 bits per heavy atom. The molecule has 3 rings (SSSR count). The molecule has 0 radical (unpaired) electrons. The lowest BCUT2D eigenvalue weighted by Crippen LogP contribution is -2.11. The van der Waals surface area contributed by atoms with E-state index in [4.69, 9.17) is 13.9 Å². The number of para-hydroxylation sites is 1. The summed E-state index contributed by atoms with van der Waals surface area (Å²) in [5.74, 6) is 2.10. The minimum absolute atomic E-state index is 0.233. The largest absolute Gasteiger partial charge is 0.494 e. The number of benzene rings is 1. The van der Waals surface area contributed by atoms with Gasteiger partial charge < -0.3 is 13.9 Å². The van der Waals surface area contributed by atoms with E-state index in [1.807, 2.05) is 0 Å². The summed E-state index contributed by atoms with van der Waals surface area (Å²) in [5, 5.41) is 7.64. The molecule has 9 heteroatoms. The summed E-state index contributed by atoms with van der Waals surface area (Å²) in [4.78, 5) is 0. The summed E-state index contributed by atoms with van der Waals surface area (Å²) in [7, 11) is -0.704. The lowest BCUT2D eigenvalue weighted by atomic mass is 10.2. The number of rotatable bonds is 5. The molecule has 0 bridgehead atoms. The highest BCUT2D eigenvalue weighted by molar-refractivity contribution is 7.90. The van der Waals surface area contributed by atoms with Crippen LogP contribution in [0.25, 0.3) is 17.3 Å². The van der Waals surface area contributed by atoms with Gasteiger partial charge in [-0.25, -0.2) is 8.42 Å². The van der Waals surface area contributed by atoms with Crippen LogP contribution in [0.4, 0.5) is 0 Å². The second-order valence-electron chi connectivity index (χ2n) is 5.34. The monoisotopic (exact) mass is 363 g/mol. The van der Waals surface area contributed by atoms with Gasteiger partial charge in [0.2, 0.25) is 15.7 Å². The zero-order valence-electron chi connectivity index (χ0n) is 14.2. The zero-order chi connectivity index (χ0) is 18.2. The second kappa shape index (κ2) is 6.25. The van der Waals surface area contributed by atoms with Gasteiger partial charge in [-0.3, -0.25) is 4.57 Å². The topological polar surface area (TPSA) is 96.4 Å². The highest BCUT2D eigenvalue weighted by Crippen LogP contribution is 2.37. The van der Waals surface area contributed by atoms with Gasteiger partial charge in [0.25, 0.3) is 5.16 Å². The molecule has 0 aliphatic rings. The minimum atomic E-state index is -3.68. The van der Waals surface area contributed by atoms with Crippen LogP contribution in [0.3, 0.4) is 0 Å². The van der Waals surface area contributed by atoms with Crippen molar-refractivity contribution in [3.05, 3.63) is 36.1 Å².